The molecule has 4 nitrogen and oxygen atoms in total. The molecule has 0 aromatic carbocycles. The number of carbonyl (C=O) groups excluding carboxylic acids is 1. The minimum atomic E-state index is -0.398. The van der Waals surface area contributed by atoms with Gasteiger partial charge in [-0.3, -0.25) is 0 Å². The van der Waals surface area contributed by atoms with Gasteiger partial charge in [0, 0.05) is 0 Å². The number of carbonyl (C=O) groups is 1. The number of rotatable bonds is 2. The summed E-state index contributed by atoms with van der Waals surface area (Å²) >= 11 is 1.17. The van der Waals surface area contributed by atoms with Crippen molar-refractivity contribution >= 4 is 17.3 Å². The van der Waals surface area contributed by atoms with Crippen molar-refractivity contribution in [2.75, 3.05) is 6.61 Å². The Morgan fingerprint density at radius 1 is 1.90 bits per heavy atom. The van der Waals surface area contributed by atoms with Gasteiger partial charge in [-0.05, 0) is 6.92 Å². The summed E-state index contributed by atoms with van der Waals surface area (Å²) in [6.07, 6.45) is 0. The van der Waals surface area contributed by atoms with E-state index < -0.39 is 5.97 Å². The fourth-order valence-electron chi connectivity index (χ4n) is 0.455. The lowest BCUT2D eigenvalue weighted by atomic mass is 10.7. The number of ether oxygens (including phenoxy) is 1. The first-order chi connectivity index (χ1) is 4.84. The first-order valence-corrected chi connectivity index (χ1v) is 3.66. The Morgan fingerprint density at radius 2 is 2.70 bits per heavy atom. The second-order valence-corrected chi connectivity index (χ2v) is 2.30. The van der Waals surface area contributed by atoms with Crippen molar-refractivity contribution in [3.63, 3.8) is 0 Å². The van der Waals surface area contributed by atoms with Gasteiger partial charge in [-0.25, -0.2) is 4.79 Å². The van der Waals surface area contributed by atoms with Gasteiger partial charge in [0.2, 0.25) is 5.01 Å². The molecule has 1 aromatic heterocycles. The van der Waals surface area contributed by atoms with E-state index in [1.54, 1.807) is 6.92 Å². The number of esters is 1. The zero-order valence-corrected chi connectivity index (χ0v) is 6.22. The van der Waals surface area contributed by atoms with Gasteiger partial charge in [-0.1, -0.05) is 11.3 Å². The average Bonchev–Trinajstić information content (AvgIpc) is 2.38. The summed E-state index contributed by atoms with van der Waals surface area (Å²) in [6, 6.07) is 0. The molecule has 0 fully saturated rings. The highest BCUT2D eigenvalue weighted by molar-refractivity contribution is 7.11. The van der Waals surface area contributed by atoms with Crippen molar-refractivity contribution in [2.24, 2.45) is 0 Å². The third-order valence-corrected chi connectivity index (χ3v) is 1.48. The van der Waals surface area contributed by atoms with E-state index in [9.17, 15) is 4.79 Å². The molecule has 54 valence electrons. The molecule has 1 rings (SSSR count). The number of nitrogens with zero attached hydrogens (tertiary/aromatic N) is 2. The monoisotopic (exact) mass is 158 g/mol. The highest BCUT2D eigenvalue weighted by atomic mass is 32.1. The second kappa shape index (κ2) is 3.26. The van der Waals surface area contributed by atoms with E-state index in [1.165, 1.54) is 16.8 Å². The zero-order chi connectivity index (χ0) is 7.40. The first kappa shape index (κ1) is 7.14. The van der Waals surface area contributed by atoms with Crippen molar-refractivity contribution < 1.29 is 9.53 Å². The molecule has 0 atom stereocenters. The van der Waals surface area contributed by atoms with E-state index in [1.807, 2.05) is 0 Å². The van der Waals surface area contributed by atoms with Gasteiger partial charge >= 0.3 is 5.97 Å². The van der Waals surface area contributed by atoms with Crippen LogP contribution in [0.3, 0.4) is 0 Å². The standard InChI is InChI=1S/C5H6N2O2S/c1-2-9-5(8)4-7-6-3-10-4/h3H,2H2,1H3. The van der Waals surface area contributed by atoms with Crippen LogP contribution >= 0.6 is 11.3 Å². The number of hydrogen-bond acceptors (Lipinski definition) is 5. The number of hydrogen-bond donors (Lipinski definition) is 0. The smallest absolute Gasteiger partial charge is 0.369 e. The highest BCUT2D eigenvalue weighted by Crippen LogP contribution is 2.02. The molecule has 0 radical (unpaired) electrons. The van der Waals surface area contributed by atoms with Gasteiger partial charge in [0.1, 0.15) is 5.51 Å². The van der Waals surface area contributed by atoms with Crippen molar-refractivity contribution in [2.45, 2.75) is 6.92 Å². The third kappa shape index (κ3) is 1.51. The van der Waals surface area contributed by atoms with Crippen LogP contribution in [0.4, 0.5) is 0 Å². The second-order valence-electron chi connectivity index (χ2n) is 1.46. The minimum absolute atomic E-state index is 0.307. The molecule has 0 unspecified atom stereocenters. The normalized spacial score (nSPS) is 9.30. The quantitative estimate of drug-likeness (QED) is 0.595. The largest absolute Gasteiger partial charge is 0.461 e. The van der Waals surface area contributed by atoms with Gasteiger partial charge in [-0.15, -0.1) is 10.2 Å². The average molecular weight is 158 g/mol. The summed E-state index contributed by atoms with van der Waals surface area (Å²) in [6.45, 7) is 2.12. The van der Waals surface area contributed by atoms with Gasteiger partial charge in [0.25, 0.3) is 0 Å². The Balaban J connectivity index is 2.59. The van der Waals surface area contributed by atoms with Crippen LogP contribution in [0.15, 0.2) is 5.51 Å². The Morgan fingerprint density at radius 3 is 3.20 bits per heavy atom. The lowest BCUT2D eigenvalue weighted by Crippen LogP contribution is -2.03. The van der Waals surface area contributed by atoms with Crippen LogP contribution in [0.25, 0.3) is 0 Å². The molecular formula is C5H6N2O2S. The maximum Gasteiger partial charge on any atom is 0.369 e. The van der Waals surface area contributed by atoms with Crippen molar-refractivity contribution in [1.29, 1.82) is 0 Å². The molecular weight excluding hydrogens is 152 g/mol. The predicted molar refractivity (Wildman–Crippen MR) is 35.9 cm³/mol. The molecule has 5 heteroatoms. The SMILES string of the molecule is CCOC(=O)c1nncs1. The maximum absolute atomic E-state index is 10.8. The minimum Gasteiger partial charge on any atom is -0.461 e. The van der Waals surface area contributed by atoms with E-state index in [0.29, 0.717) is 11.6 Å². The lowest BCUT2D eigenvalue weighted by Gasteiger charge is -1.93. The predicted octanol–water partition coefficient (Wildman–Crippen LogP) is 0.715. The Labute approximate surface area is 61.8 Å². The van der Waals surface area contributed by atoms with Crippen LogP contribution in [-0.2, 0) is 4.74 Å². The lowest BCUT2D eigenvalue weighted by molar-refractivity contribution is 0.0525. The van der Waals surface area contributed by atoms with E-state index in [2.05, 4.69) is 14.9 Å². The molecule has 1 heterocycles. The first-order valence-electron chi connectivity index (χ1n) is 2.78. The summed E-state index contributed by atoms with van der Waals surface area (Å²) in [5.74, 6) is -0.398. The maximum atomic E-state index is 10.8. The Hall–Kier alpha value is -0.970. The zero-order valence-electron chi connectivity index (χ0n) is 5.40. The van der Waals surface area contributed by atoms with Crippen molar-refractivity contribution in [3.8, 4) is 0 Å². The van der Waals surface area contributed by atoms with Gasteiger partial charge < -0.3 is 4.74 Å². The Bertz CT molecular complexity index is 209. The highest BCUT2D eigenvalue weighted by Gasteiger charge is 2.08. The topological polar surface area (TPSA) is 52.1 Å². The molecule has 0 N–H and O–H groups in total. The van der Waals surface area contributed by atoms with Gasteiger partial charge in [-0.2, -0.15) is 0 Å². The number of aromatic nitrogens is 2. The molecule has 0 aliphatic rings. The van der Waals surface area contributed by atoms with E-state index >= 15 is 0 Å². The summed E-state index contributed by atoms with van der Waals surface area (Å²) in [5.41, 5.74) is 1.49. The molecule has 0 bridgehead atoms. The molecule has 0 aliphatic carbocycles. The molecule has 10 heavy (non-hydrogen) atoms. The molecule has 0 saturated carbocycles. The summed E-state index contributed by atoms with van der Waals surface area (Å²) < 4.78 is 4.66. The van der Waals surface area contributed by atoms with Crippen LogP contribution in [0.2, 0.25) is 0 Å². The molecule has 0 aliphatic heterocycles. The van der Waals surface area contributed by atoms with E-state index in [-0.39, 0.29) is 0 Å². The van der Waals surface area contributed by atoms with E-state index in [4.69, 9.17) is 0 Å². The third-order valence-electron chi connectivity index (χ3n) is 0.810. The van der Waals surface area contributed by atoms with Gasteiger partial charge in [0.05, 0.1) is 6.61 Å². The van der Waals surface area contributed by atoms with Crippen molar-refractivity contribution in [1.82, 2.24) is 10.2 Å². The molecule has 0 saturated heterocycles. The van der Waals surface area contributed by atoms with E-state index in [0.717, 1.165) is 0 Å². The van der Waals surface area contributed by atoms with Crippen LogP contribution in [-0.4, -0.2) is 22.8 Å². The van der Waals surface area contributed by atoms with Crippen molar-refractivity contribution in [3.05, 3.63) is 10.5 Å². The Kier molecular flexibility index (Phi) is 2.33. The van der Waals surface area contributed by atoms with Crippen LogP contribution in [0.5, 0.6) is 0 Å². The fraction of sp³-hybridized carbons (Fsp3) is 0.400. The molecule has 0 spiro atoms. The van der Waals surface area contributed by atoms with Gasteiger partial charge in [0.15, 0.2) is 0 Å². The summed E-state index contributed by atoms with van der Waals surface area (Å²) in [4.78, 5) is 10.8. The summed E-state index contributed by atoms with van der Waals surface area (Å²) in [5, 5.41) is 7.33. The van der Waals surface area contributed by atoms with Crippen LogP contribution in [0.1, 0.15) is 16.7 Å². The van der Waals surface area contributed by atoms with Crippen LogP contribution in [0, 0.1) is 0 Å². The molecule has 0 amide bonds. The molecule has 1 aromatic rings. The fourth-order valence-corrected chi connectivity index (χ4v) is 0.898. The van der Waals surface area contributed by atoms with Crippen LogP contribution < -0.4 is 0 Å². The summed E-state index contributed by atoms with van der Waals surface area (Å²) in [7, 11) is 0.